The van der Waals surface area contributed by atoms with E-state index in [0.29, 0.717) is 15.9 Å². The largest absolute Gasteiger partial charge is 0.417 e. The summed E-state index contributed by atoms with van der Waals surface area (Å²) in [5.41, 5.74) is -1.46. The molecule has 0 aliphatic carbocycles. The fourth-order valence-corrected chi connectivity index (χ4v) is 5.95. The average Bonchev–Trinajstić information content (AvgIpc) is 2.90. The number of alkyl halides is 3. The monoisotopic (exact) mass is 635 g/mol. The number of carbonyl (C=O) groups excluding carboxylic acids is 2. The van der Waals surface area contributed by atoms with Crippen molar-refractivity contribution >= 4 is 62.3 Å². The quantitative estimate of drug-likeness (QED) is 0.311. The molecule has 0 saturated heterocycles. The van der Waals surface area contributed by atoms with Crippen molar-refractivity contribution in [1.82, 2.24) is 10.2 Å². The van der Waals surface area contributed by atoms with Gasteiger partial charge in [-0.3, -0.25) is 13.9 Å². The lowest BCUT2D eigenvalue weighted by Crippen LogP contribution is -2.50. The molecule has 0 aliphatic heterocycles. The van der Waals surface area contributed by atoms with Gasteiger partial charge in [-0.1, -0.05) is 59.1 Å². The van der Waals surface area contributed by atoms with E-state index in [1.165, 1.54) is 50.4 Å². The van der Waals surface area contributed by atoms with Gasteiger partial charge in [0.05, 0.1) is 21.2 Å². The van der Waals surface area contributed by atoms with E-state index in [-0.39, 0.29) is 21.5 Å². The molecule has 3 aromatic rings. The van der Waals surface area contributed by atoms with Crippen molar-refractivity contribution in [3.05, 3.63) is 92.9 Å². The molecule has 3 rings (SSSR count). The molecule has 0 heterocycles. The van der Waals surface area contributed by atoms with E-state index in [2.05, 4.69) is 5.32 Å². The van der Waals surface area contributed by atoms with Crippen molar-refractivity contribution in [3.63, 3.8) is 0 Å². The Bertz CT molecular complexity index is 1490. The summed E-state index contributed by atoms with van der Waals surface area (Å²) in [6.07, 6.45) is -4.90. The first kappa shape index (κ1) is 31.5. The van der Waals surface area contributed by atoms with Crippen molar-refractivity contribution < 1.29 is 31.2 Å². The van der Waals surface area contributed by atoms with Crippen LogP contribution in [0.4, 0.5) is 18.9 Å². The van der Waals surface area contributed by atoms with Crippen molar-refractivity contribution in [1.29, 1.82) is 0 Å². The third-order valence-electron chi connectivity index (χ3n) is 5.96. The van der Waals surface area contributed by atoms with E-state index >= 15 is 0 Å². The van der Waals surface area contributed by atoms with E-state index in [0.717, 1.165) is 17.0 Å². The molecule has 1 atom stereocenters. The summed E-state index contributed by atoms with van der Waals surface area (Å²) in [6.45, 7) is 0.153. The van der Waals surface area contributed by atoms with Gasteiger partial charge in [0.2, 0.25) is 11.8 Å². The number of nitrogens with zero attached hydrogens (tertiary/aromatic N) is 2. The second-order valence-corrected chi connectivity index (χ2v) is 11.6. The van der Waals surface area contributed by atoms with Crippen LogP contribution in [-0.4, -0.2) is 44.8 Å². The Morgan fingerprint density at radius 3 is 2.08 bits per heavy atom. The van der Waals surface area contributed by atoms with Gasteiger partial charge in [0.1, 0.15) is 12.6 Å². The topological polar surface area (TPSA) is 86.8 Å². The summed E-state index contributed by atoms with van der Waals surface area (Å²) in [5.74, 6) is -1.49. The minimum absolute atomic E-state index is 0.190. The van der Waals surface area contributed by atoms with Crippen LogP contribution in [0.15, 0.2) is 71.6 Å². The molecule has 40 heavy (non-hydrogen) atoms. The Morgan fingerprint density at radius 1 is 0.925 bits per heavy atom. The van der Waals surface area contributed by atoms with E-state index in [1.54, 1.807) is 12.1 Å². The van der Waals surface area contributed by atoms with Gasteiger partial charge in [0.15, 0.2) is 0 Å². The van der Waals surface area contributed by atoms with Gasteiger partial charge >= 0.3 is 6.18 Å². The number of rotatable bonds is 9. The average molecular weight is 637 g/mol. The molecule has 14 heteroatoms. The molecule has 3 aromatic carbocycles. The van der Waals surface area contributed by atoms with Crippen molar-refractivity contribution in [2.45, 2.75) is 30.6 Å². The molecular weight excluding hydrogens is 614 g/mol. The van der Waals surface area contributed by atoms with Crippen LogP contribution in [0.1, 0.15) is 18.1 Å². The zero-order valence-corrected chi connectivity index (χ0v) is 24.1. The molecule has 1 N–H and O–H groups in total. The molecule has 0 spiro atoms. The third-order valence-corrected chi connectivity index (χ3v) is 8.78. The first-order chi connectivity index (χ1) is 18.7. The summed E-state index contributed by atoms with van der Waals surface area (Å²) in [4.78, 5) is 27.1. The lowest BCUT2D eigenvalue weighted by atomic mass is 10.1. The van der Waals surface area contributed by atoms with Crippen molar-refractivity contribution in [2.75, 3.05) is 17.9 Å². The van der Waals surface area contributed by atoms with Crippen LogP contribution in [0.3, 0.4) is 0 Å². The van der Waals surface area contributed by atoms with Crippen molar-refractivity contribution in [3.8, 4) is 0 Å². The van der Waals surface area contributed by atoms with Crippen LogP contribution in [0.2, 0.25) is 15.1 Å². The van der Waals surface area contributed by atoms with E-state index in [4.69, 9.17) is 34.8 Å². The summed E-state index contributed by atoms with van der Waals surface area (Å²) in [6, 6.07) is 12.9. The molecule has 0 aliphatic rings. The standard InChI is InChI=1S/C26H23Cl3F3N3O4S/c1-16(25(37)33-2)34(14-19-21(27)9-6-10-22(19)28)24(36)15-35(40(38,39)18-7-4-3-5-8-18)17-11-12-23(29)20(13-17)26(30,31)32/h3-13,16H,14-15H2,1-2H3,(H,33,37)/t16-/m0/s1. The first-order valence-corrected chi connectivity index (χ1v) is 14.1. The molecule has 0 unspecified atom stereocenters. The number of hydrogen-bond donors (Lipinski definition) is 1. The maximum atomic E-state index is 13.7. The second-order valence-electron chi connectivity index (χ2n) is 8.50. The van der Waals surface area contributed by atoms with E-state index in [9.17, 15) is 31.2 Å². The van der Waals surface area contributed by atoms with Crippen LogP contribution in [0.25, 0.3) is 0 Å². The van der Waals surface area contributed by atoms with Gasteiger partial charge < -0.3 is 10.2 Å². The number of carbonyl (C=O) groups is 2. The molecule has 7 nitrogen and oxygen atoms in total. The number of nitrogens with one attached hydrogen (secondary N) is 1. The highest BCUT2D eigenvalue weighted by Gasteiger charge is 2.37. The molecule has 214 valence electrons. The van der Waals surface area contributed by atoms with Crippen LogP contribution in [0, 0.1) is 0 Å². The third kappa shape index (κ3) is 7.01. The predicted octanol–water partition coefficient (Wildman–Crippen LogP) is 6.02. The molecule has 0 saturated carbocycles. The Hall–Kier alpha value is -2.99. The van der Waals surface area contributed by atoms with Crippen LogP contribution in [0.5, 0.6) is 0 Å². The molecule has 0 radical (unpaired) electrons. The molecular formula is C26H23Cl3F3N3O4S. The first-order valence-electron chi connectivity index (χ1n) is 11.6. The summed E-state index contributed by atoms with van der Waals surface area (Å²) in [7, 11) is -3.23. The molecule has 0 fully saturated rings. The number of amides is 2. The maximum Gasteiger partial charge on any atom is 0.417 e. The highest BCUT2D eigenvalue weighted by atomic mass is 35.5. The maximum absolute atomic E-state index is 13.7. The lowest BCUT2D eigenvalue weighted by molar-refractivity contribution is -0.139. The SMILES string of the molecule is CNC(=O)[C@H](C)N(Cc1c(Cl)cccc1Cl)C(=O)CN(c1ccc(Cl)c(C(F)(F)F)c1)S(=O)(=O)c1ccccc1. The number of hydrogen-bond acceptors (Lipinski definition) is 4. The van der Waals surface area contributed by atoms with Crippen LogP contribution >= 0.6 is 34.8 Å². The van der Waals surface area contributed by atoms with Gasteiger partial charge in [0, 0.05) is 29.2 Å². The Balaban J connectivity index is 2.15. The van der Waals surface area contributed by atoms with Gasteiger partial charge in [-0.15, -0.1) is 0 Å². The Morgan fingerprint density at radius 2 is 1.52 bits per heavy atom. The lowest BCUT2D eigenvalue weighted by Gasteiger charge is -2.32. The zero-order valence-electron chi connectivity index (χ0n) is 21.0. The smallest absolute Gasteiger partial charge is 0.357 e. The van der Waals surface area contributed by atoms with Crippen LogP contribution < -0.4 is 9.62 Å². The molecule has 0 aromatic heterocycles. The Kier molecular flexibility index (Phi) is 9.99. The van der Waals surface area contributed by atoms with E-state index in [1.807, 2.05) is 0 Å². The molecule has 2 amide bonds. The highest BCUT2D eigenvalue weighted by molar-refractivity contribution is 7.92. The molecule has 0 bridgehead atoms. The van der Waals surface area contributed by atoms with E-state index < -0.39 is 56.9 Å². The summed E-state index contributed by atoms with van der Waals surface area (Å²) in [5, 5.41) is 2.15. The van der Waals surface area contributed by atoms with Crippen molar-refractivity contribution in [2.24, 2.45) is 0 Å². The fourth-order valence-electron chi connectivity index (χ4n) is 3.78. The van der Waals surface area contributed by atoms with Gasteiger partial charge in [-0.25, -0.2) is 8.42 Å². The Labute approximate surface area is 244 Å². The minimum atomic E-state index is -4.90. The summed E-state index contributed by atoms with van der Waals surface area (Å²) >= 11 is 18.3. The van der Waals surface area contributed by atoms with Crippen LogP contribution in [-0.2, 0) is 32.3 Å². The van der Waals surface area contributed by atoms with Gasteiger partial charge in [-0.2, -0.15) is 13.2 Å². The normalized spacial score (nSPS) is 12.5. The number of halogens is 6. The fraction of sp³-hybridized carbons (Fsp3) is 0.231. The van der Waals surface area contributed by atoms with Gasteiger partial charge in [0.25, 0.3) is 10.0 Å². The summed E-state index contributed by atoms with van der Waals surface area (Å²) < 4.78 is 68.9. The number of likely N-dealkylation sites (N-methyl/N-ethyl adjacent to an activating group) is 1. The highest BCUT2D eigenvalue weighted by Crippen LogP contribution is 2.38. The number of anilines is 1. The number of benzene rings is 3. The number of sulfonamides is 1. The second kappa shape index (κ2) is 12.7. The zero-order chi connectivity index (χ0) is 29.8. The van der Waals surface area contributed by atoms with Gasteiger partial charge in [-0.05, 0) is 49.4 Å². The predicted molar refractivity (Wildman–Crippen MR) is 148 cm³/mol. The minimum Gasteiger partial charge on any atom is -0.357 e.